The van der Waals surface area contributed by atoms with Crippen molar-refractivity contribution in [2.24, 2.45) is 0 Å². The third-order valence-corrected chi connectivity index (χ3v) is 6.85. The summed E-state index contributed by atoms with van der Waals surface area (Å²) < 4.78 is 31.7. The minimum Gasteiger partial charge on any atom is -0.476 e. The molecule has 0 spiro atoms. The zero-order chi connectivity index (χ0) is 21.5. The third-order valence-electron chi connectivity index (χ3n) is 5.23. The van der Waals surface area contributed by atoms with Gasteiger partial charge in [-0.05, 0) is 36.4 Å². The van der Waals surface area contributed by atoms with Crippen LogP contribution in [0.25, 0.3) is 0 Å². The Bertz CT molecular complexity index is 1070. The van der Waals surface area contributed by atoms with Crippen molar-refractivity contribution in [3.63, 3.8) is 0 Å². The molecule has 1 saturated heterocycles. The van der Waals surface area contributed by atoms with Gasteiger partial charge in [-0.25, -0.2) is 8.42 Å². The molecule has 2 heterocycles. The molecule has 0 unspecified atom stereocenters. The molecule has 0 radical (unpaired) electrons. The summed E-state index contributed by atoms with van der Waals surface area (Å²) >= 11 is 12.1. The number of carbonyl (C=O) groups is 1. The quantitative estimate of drug-likeness (QED) is 0.690. The normalized spacial score (nSPS) is 19.3. The maximum Gasteiger partial charge on any atom is 0.265 e. The molecular weight excluding hydrogens is 449 g/mol. The van der Waals surface area contributed by atoms with Crippen molar-refractivity contribution >= 4 is 50.5 Å². The van der Waals surface area contributed by atoms with E-state index in [-0.39, 0.29) is 12.5 Å². The molecule has 4 rings (SSSR count). The number of fused-ring (bicyclic) bond motifs is 1. The average molecular weight is 470 g/mol. The van der Waals surface area contributed by atoms with Crippen molar-refractivity contribution in [2.75, 3.05) is 48.2 Å². The van der Waals surface area contributed by atoms with E-state index in [2.05, 4.69) is 4.90 Å². The second-order valence-electron chi connectivity index (χ2n) is 7.30. The van der Waals surface area contributed by atoms with E-state index in [0.29, 0.717) is 47.7 Å². The zero-order valence-electron chi connectivity index (χ0n) is 16.3. The molecule has 2 aliphatic heterocycles. The smallest absolute Gasteiger partial charge is 0.265 e. The molecular formula is C20H21Cl2N3O4S. The first-order chi connectivity index (χ1) is 14.2. The minimum atomic E-state index is -3.60. The number of piperazine rings is 1. The van der Waals surface area contributed by atoms with Gasteiger partial charge in [-0.3, -0.25) is 9.10 Å². The number of rotatable bonds is 3. The predicted molar refractivity (Wildman–Crippen MR) is 118 cm³/mol. The molecule has 30 heavy (non-hydrogen) atoms. The Balaban J connectivity index is 1.48. The van der Waals surface area contributed by atoms with E-state index in [4.69, 9.17) is 27.9 Å². The highest BCUT2D eigenvalue weighted by Gasteiger charge is 2.38. The predicted octanol–water partition coefficient (Wildman–Crippen LogP) is 2.87. The number of anilines is 2. The molecule has 1 atom stereocenters. The second-order valence-corrected chi connectivity index (χ2v) is 10.1. The van der Waals surface area contributed by atoms with Gasteiger partial charge in [0.15, 0.2) is 6.10 Å². The van der Waals surface area contributed by atoms with Gasteiger partial charge in [-0.15, -0.1) is 0 Å². The first kappa shape index (κ1) is 21.1. The fourth-order valence-corrected chi connectivity index (χ4v) is 4.99. The number of hydrogen-bond donors (Lipinski definition) is 0. The van der Waals surface area contributed by atoms with Gasteiger partial charge in [0.05, 0.1) is 18.5 Å². The zero-order valence-corrected chi connectivity index (χ0v) is 18.6. The number of ether oxygens (including phenoxy) is 1. The van der Waals surface area contributed by atoms with Crippen molar-refractivity contribution in [3.8, 4) is 5.75 Å². The summed E-state index contributed by atoms with van der Waals surface area (Å²) in [7, 11) is -3.60. The number of amides is 1. The second kappa shape index (κ2) is 8.17. The molecule has 7 nitrogen and oxygen atoms in total. The van der Waals surface area contributed by atoms with Crippen LogP contribution in [-0.2, 0) is 14.8 Å². The molecule has 0 saturated carbocycles. The Kier molecular flexibility index (Phi) is 5.74. The largest absolute Gasteiger partial charge is 0.476 e. The van der Waals surface area contributed by atoms with E-state index in [1.54, 1.807) is 17.0 Å². The van der Waals surface area contributed by atoms with Crippen LogP contribution in [0.5, 0.6) is 5.75 Å². The van der Waals surface area contributed by atoms with Gasteiger partial charge in [0.25, 0.3) is 5.91 Å². The van der Waals surface area contributed by atoms with Crippen LogP contribution >= 0.6 is 23.2 Å². The fraction of sp³-hybridized carbons (Fsp3) is 0.350. The highest BCUT2D eigenvalue weighted by molar-refractivity contribution is 7.92. The van der Waals surface area contributed by atoms with Crippen LogP contribution in [0.15, 0.2) is 42.5 Å². The van der Waals surface area contributed by atoms with E-state index in [1.807, 2.05) is 24.3 Å². The number of halogens is 2. The van der Waals surface area contributed by atoms with Crippen molar-refractivity contribution in [1.29, 1.82) is 0 Å². The summed E-state index contributed by atoms with van der Waals surface area (Å²) in [5.41, 5.74) is 1.36. The van der Waals surface area contributed by atoms with E-state index >= 15 is 0 Å². The molecule has 2 aliphatic rings. The van der Waals surface area contributed by atoms with Crippen LogP contribution in [0, 0.1) is 0 Å². The Hall–Kier alpha value is -2.16. The molecule has 160 valence electrons. The molecule has 1 fully saturated rings. The topological polar surface area (TPSA) is 70.2 Å². The molecule has 0 aliphatic carbocycles. The van der Waals surface area contributed by atoms with Gasteiger partial charge in [-0.2, -0.15) is 0 Å². The number of carbonyl (C=O) groups excluding carboxylic acids is 1. The van der Waals surface area contributed by atoms with Crippen molar-refractivity contribution < 1.29 is 17.9 Å². The van der Waals surface area contributed by atoms with Crippen molar-refractivity contribution in [1.82, 2.24) is 4.90 Å². The van der Waals surface area contributed by atoms with Gasteiger partial charge in [0.1, 0.15) is 5.75 Å². The monoisotopic (exact) mass is 469 g/mol. The van der Waals surface area contributed by atoms with Gasteiger partial charge in [0.2, 0.25) is 10.0 Å². The minimum absolute atomic E-state index is 0.0838. The van der Waals surface area contributed by atoms with Gasteiger partial charge in [0, 0.05) is 41.9 Å². The lowest BCUT2D eigenvalue weighted by Crippen LogP contribution is -2.56. The maximum atomic E-state index is 13.1. The number of hydrogen-bond acceptors (Lipinski definition) is 5. The van der Waals surface area contributed by atoms with Crippen LogP contribution < -0.4 is 13.9 Å². The molecule has 2 aromatic rings. The van der Waals surface area contributed by atoms with Gasteiger partial charge < -0.3 is 14.5 Å². The lowest BCUT2D eigenvalue weighted by atomic mass is 10.2. The van der Waals surface area contributed by atoms with E-state index in [9.17, 15) is 13.2 Å². The highest BCUT2D eigenvalue weighted by Crippen LogP contribution is 2.37. The SMILES string of the molecule is CS(=O)(=O)N1C[C@@H](C(=O)N2CCN(c3cccc(Cl)c3)CC2)Oc2ccc(Cl)cc21. The van der Waals surface area contributed by atoms with Crippen LogP contribution in [0.1, 0.15) is 0 Å². The average Bonchev–Trinajstić information content (AvgIpc) is 2.72. The molecule has 0 bridgehead atoms. The van der Waals surface area contributed by atoms with Gasteiger partial charge >= 0.3 is 0 Å². The Labute approximate surface area is 185 Å². The van der Waals surface area contributed by atoms with Gasteiger partial charge in [-0.1, -0.05) is 29.3 Å². The summed E-state index contributed by atoms with van der Waals surface area (Å²) in [5, 5.41) is 1.06. The Morgan fingerprint density at radius 1 is 1.03 bits per heavy atom. The number of nitrogens with zero attached hydrogens (tertiary/aromatic N) is 3. The number of sulfonamides is 1. The summed E-state index contributed by atoms with van der Waals surface area (Å²) in [6.45, 7) is 2.25. The number of benzene rings is 2. The molecule has 0 N–H and O–H groups in total. The summed E-state index contributed by atoms with van der Waals surface area (Å²) in [4.78, 5) is 17.0. The van der Waals surface area contributed by atoms with E-state index < -0.39 is 16.1 Å². The van der Waals surface area contributed by atoms with Crippen molar-refractivity contribution in [2.45, 2.75) is 6.10 Å². The summed E-state index contributed by atoms with van der Waals surface area (Å²) in [6.07, 6.45) is 0.194. The van der Waals surface area contributed by atoms with Crippen molar-refractivity contribution in [3.05, 3.63) is 52.5 Å². The summed E-state index contributed by atoms with van der Waals surface area (Å²) in [6, 6.07) is 12.3. The fourth-order valence-electron chi connectivity index (χ4n) is 3.73. The molecule has 0 aromatic heterocycles. The van der Waals surface area contributed by atoms with Crippen LogP contribution in [-0.4, -0.2) is 64.3 Å². The maximum absolute atomic E-state index is 13.1. The first-order valence-electron chi connectivity index (χ1n) is 9.45. The third kappa shape index (κ3) is 4.31. The van der Waals surface area contributed by atoms with Crippen LogP contribution in [0.3, 0.4) is 0 Å². The summed E-state index contributed by atoms with van der Waals surface area (Å²) in [5.74, 6) is 0.0991. The lowest BCUT2D eigenvalue weighted by Gasteiger charge is -2.40. The first-order valence-corrected chi connectivity index (χ1v) is 12.1. The molecule has 1 amide bonds. The molecule has 2 aromatic carbocycles. The van der Waals surface area contributed by atoms with Crippen LogP contribution in [0.4, 0.5) is 11.4 Å². The molecule has 10 heteroatoms. The van der Waals surface area contributed by atoms with Crippen LogP contribution in [0.2, 0.25) is 10.0 Å². The standard InChI is InChI=1S/C20H21Cl2N3O4S/c1-30(27,28)25-13-19(29-18-6-5-15(22)12-17(18)25)20(26)24-9-7-23(8-10-24)16-4-2-3-14(21)11-16/h2-6,11-12,19H,7-10,13H2,1H3/t19-/m0/s1. The lowest BCUT2D eigenvalue weighted by molar-refractivity contribution is -0.138. The highest BCUT2D eigenvalue weighted by atomic mass is 35.5. The Morgan fingerprint density at radius 2 is 1.73 bits per heavy atom. The van der Waals surface area contributed by atoms with E-state index in [1.165, 1.54) is 10.4 Å². The Morgan fingerprint density at radius 3 is 2.40 bits per heavy atom. The van der Waals surface area contributed by atoms with E-state index in [0.717, 1.165) is 11.9 Å².